The van der Waals surface area contributed by atoms with Crippen molar-refractivity contribution in [3.05, 3.63) is 58.4 Å². The molecule has 0 aliphatic heterocycles. The minimum atomic E-state index is -0.177. The first-order valence-electron chi connectivity index (χ1n) is 7.46. The van der Waals surface area contributed by atoms with Gasteiger partial charge in [-0.15, -0.1) is 18.5 Å². The van der Waals surface area contributed by atoms with Gasteiger partial charge >= 0.3 is 0 Å². The highest BCUT2D eigenvalue weighted by molar-refractivity contribution is 7.15. The van der Waals surface area contributed by atoms with Crippen molar-refractivity contribution in [2.45, 2.75) is 25.5 Å². The number of benzene rings is 2. The van der Waals surface area contributed by atoms with Crippen molar-refractivity contribution < 1.29 is 13.9 Å². The van der Waals surface area contributed by atoms with Gasteiger partial charge in [-0.1, -0.05) is 18.2 Å². The Morgan fingerprint density at radius 2 is 1.48 bits per heavy atom. The fourth-order valence-corrected chi connectivity index (χ4v) is 3.36. The van der Waals surface area contributed by atoms with Crippen molar-refractivity contribution in [1.29, 1.82) is 0 Å². The second-order valence-electron chi connectivity index (χ2n) is 5.36. The summed E-state index contributed by atoms with van der Waals surface area (Å²) in [4.78, 5) is 0. The van der Waals surface area contributed by atoms with Gasteiger partial charge in [-0.3, -0.25) is 0 Å². The van der Waals surface area contributed by atoms with E-state index in [-0.39, 0.29) is 5.82 Å². The Morgan fingerprint density at radius 1 is 0.826 bits per heavy atom. The standard InChI is InChI=1S/C18H23FO2P2/c1-20-8-14-6-17(15(9-21-2)5-16(14)11-23)12-3-4-13(10-22)18(19)7-12/h3-7H,8-11,22-23H2,1-2H3. The van der Waals surface area contributed by atoms with Crippen LogP contribution in [0.3, 0.4) is 0 Å². The van der Waals surface area contributed by atoms with Crippen LogP contribution in [-0.4, -0.2) is 14.2 Å². The van der Waals surface area contributed by atoms with Crippen LogP contribution in [0.1, 0.15) is 22.3 Å². The second-order valence-corrected chi connectivity index (χ2v) is 6.18. The molecule has 2 aromatic rings. The highest BCUT2D eigenvalue weighted by atomic mass is 31.0. The van der Waals surface area contributed by atoms with E-state index in [0.717, 1.165) is 28.4 Å². The Labute approximate surface area is 142 Å². The van der Waals surface area contributed by atoms with Crippen molar-refractivity contribution in [3.63, 3.8) is 0 Å². The molecule has 2 unspecified atom stereocenters. The Morgan fingerprint density at radius 3 is 2.04 bits per heavy atom. The van der Waals surface area contributed by atoms with Gasteiger partial charge in [0, 0.05) is 14.2 Å². The number of methoxy groups -OCH3 is 2. The molecule has 2 atom stereocenters. The minimum absolute atomic E-state index is 0.177. The zero-order valence-corrected chi connectivity index (χ0v) is 15.9. The number of ether oxygens (including phenoxy) is 2. The molecule has 0 bridgehead atoms. The van der Waals surface area contributed by atoms with Gasteiger partial charge in [-0.25, -0.2) is 4.39 Å². The number of hydrogen-bond donors (Lipinski definition) is 0. The molecule has 0 radical (unpaired) electrons. The van der Waals surface area contributed by atoms with Crippen LogP contribution in [-0.2, 0) is 35.0 Å². The molecular weight excluding hydrogens is 329 g/mol. The molecule has 0 spiro atoms. The van der Waals surface area contributed by atoms with Crippen molar-refractivity contribution >= 4 is 18.5 Å². The van der Waals surface area contributed by atoms with Gasteiger partial charge < -0.3 is 9.47 Å². The molecule has 0 aliphatic carbocycles. The fourth-order valence-electron chi connectivity index (χ4n) is 2.64. The molecule has 0 N–H and O–H groups in total. The zero-order chi connectivity index (χ0) is 16.8. The van der Waals surface area contributed by atoms with E-state index in [0.29, 0.717) is 24.9 Å². The molecule has 0 aliphatic rings. The van der Waals surface area contributed by atoms with E-state index in [2.05, 4.69) is 30.6 Å². The average molecular weight is 352 g/mol. The van der Waals surface area contributed by atoms with E-state index >= 15 is 0 Å². The van der Waals surface area contributed by atoms with Crippen LogP contribution in [0, 0.1) is 5.82 Å². The minimum Gasteiger partial charge on any atom is -0.380 e. The summed E-state index contributed by atoms with van der Waals surface area (Å²) in [5, 5.41) is 0. The highest BCUT2D eigenvalue weighted by Gasteiger charge is 2.12. The van der Waals surface area contributed by atoms with E-state index in [1.165, 1.54) is 5.56 Å². The molecule has 2 nitrogen and oxygen atoms in total. The normalized spacial score (nSPS) is 11.0. The van der Waals surface area contributed by atoms with E-state index in [1.54, 1.807) is 20.3 Å². The van der Waals surface area contributed by atoms with Crippen LogP contribution in [0.4, 0.5) is 4.39 Å². The molecule has 0 aromatic heterocycles. The maximum atomic E-state index is 14.2. The van der Waals surface area contributed by atoms with Crippen LogP contribution >= 0.6 is 18.5 Å². The summed E-state index contributed by atoms with van der Waals surface area (Å²) in [5.41, 5.74) is 5.94. The lowest BCUT2D eigenvalue weighted by molar-refractivity contribution is 0.182. The van der Waals surface area contributed by atoms with Gasteiger partial charge in [0.2, 0.25) is 0 Å². The second kappa shape index (κ2) is 8.85. The third kappa shape index (κ3) is 4.37. The first-order valence-corrected chi connectivity index (χ1v) is 9.09. The maximum Gasteiger partial charge on any atom is 0.127 e. The van der Waals surface area contributed by atoms with Crippen LogP contribution in [0.5, 0.6) is 0 Å². The molecule has 2 aromatic carbocycles. The van der Waals surface area contributed by atoms with Crippen LogP contribution in [0.25, 0.3) is 11.1 Å². The molecule has 124 valence electrons. The van der Waals surface area contributed by atoms with E-state index in [1.807, 2.05) is 12.1 Å². The number of halogens is 1. The Bertz CT molecular complexity index is 674. The van der Waals surface area contributed by atoms with Gasteiger partial charge in [-0.05, 0) is 57.8 Å². The molecule has 0 fully saturated rings. The van der Waals surface area contributed by atoms with Gasteiger partial charge in [0.05, 0.1) is 13.2 Å². The van der Waals surface area contributed by atoms with E-state index in [9.17, 15) is 4.39 Å². The first kappa shape index (κ1) is 18.5. The summed E-state index contributed by atoms with van der Waals surface area (Å²) < 4.78 is 24.8. The maximum absolute atomic E-state index is 14.2. The molecule has 0 amide bonds. The molecule has 2 rings (SSSR count). The monoisotopic (exact) mass is 352 g/mol. The smallest absolute Gasteiger partial charge is 0.127 e. The summed E-state index contributed by atoms with van der Waals surface area (Å²) >= 11 is 0. The molecule has 0 saturated heterocycles. The SMILES string of the molecule is COCc1cc(-c2ccc(CP)c(F)c2)c(COC)cc1CP. The lowest BCUT2D eigenvalue weighted by Gasteiger charge is -2.16. The third-order valence-corrected chi connectivity index (χ3v) is 4.71. The molecular formula is C18H23FO2P2. The predicted molar refractivity (Wildman–Crippen MR) is 100 cm³/mol. The summed E-state index contributed by atoms with van der Waals surface area (Å²) in [6.07, 6.45) is 1.45. The summed E-state index contributed by atoms with van der Waals surface area (Å²) in [7, 11) is 8.65. The number of rotatable bonds is 7. The van der Waals surface area contributed by atoms with Gasteiger partial charge in [-0.2, -0.15) is 0 Å². The van der Waals surface area contributed by atoms with Crippen LogP contribution < -0.4 is 0 Å². The average Bonchev–Trinajstić information content (AvgIpc) is 2.56. The summed E-state index contributed by atoms with van der Waals surface area (Å²) in [6.45, 7) is 1.03. The summed E-state index contributed by atoms with van der Waals surface area (Å²) in [5.74, 6) is -0.177. The van der Waals surface area contributed by atoms with Gasteiger partial charge in [0.25, 0.3) is 0 Å². The molecule has 0 saturated carbocycles. The zero-order valence-electron chi connectivity index (χ0n) is 13.6. The highest BCUT2D eigenvalue weighted by Crippen LogP contribution is 2.31. The first-order chi connectivity index (χ1) is 11.1. The number of hydrogen-bond acceptors (Lipinski definition) is 2. The Kier molecular flexibility index (Phi) is 7.11. The van der Waals surface area contributed by atoms with Crippen molar-refractivity contribution in [2.75, 3.05) is 14.2 Å². The fraction of sp³-hybridized carbons (Fsp3) is 0.333. The van der Waals surface area contributed by atoms with Crippen LogP contribution in [0.2, 0.25) is 0 Å². The molecule has 0 heterocycles. The summed E-state index contributed by atoms with van der Waals surface area (Å²) in [6, 6.07) is 9.63. The van der Waals surface area contributed by atoms with Crippen molar-refractivity contribution in [1.82, 2.24) is 0 Å². The topological polar surface area (TPSA) is 18.5 Å². The third-order valence-electron chi connectivity index (χ3n) is 3.83. The molecule has 23 heavy (non-hydrogen) atoms. The lowest BCUT2D eigenvalue weighted by Crippen LogP contribution is -2.01. The Balaban J connectivity index is 2.58. The Hall–Kier alpha value is -0.850. The van der Waals surface area contributed by atoms with Gasteiger partial charge in [0.15, 0.2) is 0 Å². The van der Waals surface area contributed by atoms with Crippen LogP contribution in [0.15, 0.2) is 30.3 Å². The van der Waals surface area contributed by atoms with Crippen molar-refractivity contribution in [3.8, 4) is 11.1 Å². The quantitative estimate of drug-likeness (QED) is 0.682. The molecule has 5 heteroatoms. The van der Waals surface area contributed by atoms with Crippen molar-refractivity contribution in [2.24, 2.45) is 0 Å². The van der Waals surface area contributed by atoms with E-state index < -0.39 is 0 Å². The lowest BCUT2D eigenvalue weighted by atomic mass is 9.94. The largest absolute Gasteiger partial charge is 0.380 e. The van der Waals surface area contributed by atoms with Gasteiger partial charge in [0.1, 0.15) is 5.82 Å². The predicted octanol–water partition coefficient (Wildman–Crippen LogP) is 4.54. The van der Waals surface area contributed by atoms with E-state index in [4.69, 9.17) is 9.47 Å².